The van der Waals surface area contributed by atoms with Crippen molar-refractivity contribution in [1.29, 1.82) is 0 Å². The Morgan fingerprint density at radius 2 is 0.887 bits per heavy atom. The molecule has 0 heterocycles. The smallest absolute Gasteiger partial charge is 0.306 e. The third-order valence-electron chi connectivity index (χ3n) is 11.2. The van der Waals surface area contributed by atoms with E-state index in [9.17, 15) is 19.8 Å². The second-order valence-electron chi connectivity index (χ2n) is 17.2. The molecule has 0 fully saturated rings. The average molecular weight is 864 g/mol. The predicted octanol–water partition coefficient (Wildman–Crippen LogP) is 15.6. The molecule has 1 amide bonds. The molecular formula is C56H97NO5. The van der Waals surface area contributed by atoms with E-state index in [1.807, 2.05) is 6.08 Å². The lowest BCUT2D eigenvalue weighted by atomic mass is 10.0. The van der Waals surface area contributed by atoms with Gasteiger partial charge in [0.05, 0.1) is 25.2 Å². The van der Waals surface area contributed by atoms with E-state index in [2.05, 4.69) is 105 Å². The van der Waals surface area contributed by atoms with Crippen LogP contribution in [-0.2, 0) is 14.3 Å². The highest BCUT2D eigenvalue weighted by molar-refractivity contribution is 5.77. The number of unbranched alkanes of at least 4 members (excludes halogenated alkanes) is 19. The van der Waals surface area contributed by atoms with E-state index < -0.39 is 18.2 Å². The van der Waals surface area contributed by atoms with Crippen LogP contribution >= 0.6 is 0 Å². The van der Waals surface area contributed by atoms with Crippen LogP contribution in [0.2, 0.25) is 0 Å². The molecule has 3 unspecified atom stereocenters. The zero-order chi connectivity index (χ0) is 45.2. The molecule has 0 aliphatic rings. The van der Waals surface area contributed by atoms with E-state index in [0.717, 1.165) is 77.0 Å². The Kier molecular flexibility index (Phi) is 46.7. The lowest BCUT2D eigenvalue weighted by molar-refractivity contribution is -0.150. The summed E-state index contributed by atoms with van der Waals surface area (Å²) in [5.74, 6) is -0.607. The molecule has 6 nitrogen and oxygen atoms in total. The summed E-state index contributed by atoms with van der Waals surface area (Å²) in [4.78, 5) is 26.1. The van der Waals surface area contributed by atoms with E-state index in [1.54, 1.807) is 0 Å². The first kappa shape index (κ1) is 59.0. The van der Waals surface area contributed by atoms with Crippen LogP contribution < -0.4 is 5.32 Å². The molecule has 0 aliphatic heterocycles. The van der Waals surface area contributed by atoms with Gasteiger partial charge < -0.3 is 20.3 Å². The molecule has 0 aromatic heterocycles. The Labute approximate surface area is 383 Å². The molecule has 0 aromatic rings. The summed E-state index contributed by atoms with van der Waals surface area (Å²) in [6.07, 6.45) is 63.7. The van der Waals surface area contributed by atoms with Crippen molar-refractivity contribution < 1.29 is 24.5 Å². The number of ether oxygens (including phenoxy) is 1. The van der Waals surface area contributed by atoms with Crippen molar-refractivity contribution in [3.8, 4) is 0 Å². The molecular weight excluding hydrogens is 767 g/mol. The maximum absolute atomic E-state index is 13.2. The van der Waals surface area contributed by atoms with Crippen LogP contribution in [0.4, 0.5) is 0 Å². The quantitative estimate of drug-likeness (QED) is 0.0322. The number of allylic oxidation sites excluding steroid dienone is 14. The lowest BCUT2D eigenvalue weighted by Crippen LogP contribution is -2.46. The van der Waals surface area contributed by atoms with Crippen molar-refractivity contribution in [3.05, 3.63) is 85.1 Å². The van der Waals surface area contributed by atoms with E-state index in [1.165, 1.54) is 103 Å². The van der Waals surface area contributed by atoms with Crippen LogP contribution in [0.3, 0.4) is 0 Å². The van der Waals surface area contributed by atoms with Gasteiger partial charge in [-0.3, -0.25) is 9.59 Å². The second-order valence-corrected chi connectivity index (χ2v) is 17.2. The van der Waals surface area contributed by atoms with Gasteiger partial charge in [0.2, 0.25) is 5.91 Å². The van der Waals surface area contributed by atoms with Crippen molar-refractivity contribution in [2.24, 2.45) is 0 Å². The third-order valence-corrected chi connectivity index (χ3v) is 11.2. The summed E-state index contributed by atoms with van der Waals surface area (Å²) in [6.45, 7) is 6.33. The SMILES string of the molecule is CC/C=C\C/C=C\C/C=C\C/C=C\C/C=C\C/C=C\CCC(=O)OC(CCC/C=C\CCCCCCCC)CC(=O)NC(CO)C(O)CCCCCCCCCCCCCCC. The van der Waals surface area contributed by atoms with Crippen LogP contribution in [0, 0.1) is 0 Å². The first-order valence-electron chi connectivity index (χ1n) is 25.8. The molecule has 3 N–H and O–H groups in total. The summed E-state index contributed by atoms with van der Waals surface area (Å²) in [5.41, 5.74) is 0. The minimum atomic E-state index is -0.809. The Morgan fingerprint density at radius 3 is 1.35 bits per heavy atom. The maximum Gasteiger partial charge on any atom is 0.306 e. The standard InChI is InChI=1S/C56H97NO5/c1-4-7-10-13-16-19-22-24-25-26-27-28-29-31-34-37-40-43-46-49-56(61)62-52(47-44-41-38-35-32-21-18-15-12-9-6-3)50-55(60)57-53(51-58)54(59)48-45-42-39-36-33-30-23-20-17-14-11-8-5-2/h7,10,16,19,24-25,27-28,31,34-35,38,40,43,52-54,58-59H,4-6,8-9,11-15,17-18,20-23,26,29-30,32-33,36-37,39,41-42,44-51H2,1-3H3,(H,57,60)/b10-7-,19-16-,25-24-,28-27-,34-31-,38-35-,43-40-. The van der Waals surface area contributed by atoms with Crippen LogP contribution in [0.1, 0.15) is 233 Å². The lowest BCUT2D eigenvalue weighted by Gasteiger charge is -2.24. The van der Waals surface area contributed by atoms with Crippen molar-refractivity contribution >= 4 is 11.9 Å². The van der Waals surface area contributed by atoms with Crippen LogP contribution in [0.15, 0.2) is 85.1 Å². The fourth-order valence-electron chi connectivity index (χ4n) is 7.34. The van der Waals surface area contributed by atoms with Gasteiger partial charge in [-0.05, 0) is 83.5 Å². The number of amides is 1. The Bertz CT molecular complexity index is 1200. The highest BCUT2D eigenvalue weighted by Gasteiger charge is 2.23. The molecule has 0 radical (unpaired) electrons. The van der Waals surface area contributed by atoms with Gasteiger partial charge in [-0.15, -0.1) is 0 Å². The second kappa shape index (κ2) is 49.1. The number of rotatable bonds is 45. The van der Waals surface area contributed by atoms with Gasteiger partial charge in [0.25, 0.3) is 0 Å². The Hall–Kier alpha value is -2.96. The zero-order valence-electron chi connectivity index (χ0n) is 40.5. The summed E-state index contributed by atoms with van der Waals surface area (Å²) in [5, 5.41) is 23.7. The van der Waals surface area contributed by atoms with Gasteiger partial charge in [0, 0.05) is 6.42 Å². The third kappa shape index (κ3) is 43.7. The topological polar surface area (TPSA) is 95.9 Å². The van der Waals surface area contributed by atoms with Gasteiger partial charge in [-0.2, -0.15) is 0 Å². The number of hydrogen-bond donors (Lipinski definition) is 3. The highest BCUT2D eigenvalue weighted by Crippen LogP contribution is 2.16. The van der Waals surface area contributed by atoms with E-state index in [-0.39, 0.29) is 31.3 Å². The summed E-state index contributed by atoms with van der Waals surface area (Å²) < 4.78 is 5.86. The Morgan fingerprint density at radius 1 is 0.484 bits per heavy atom. The number of hydrogen-bond acceptors (Lipinski definition) is 5. The van der Waals surface area contributed by atoms with Gasteiger partial charge in [0.1, 0.15) is 6.10 Å². The van der Waals surface area contributed by atoms with Crippen LogP contribution in [-0.4, -0.2) is 46.9 Å². The molecule has 62 heavy (non-hydrogen) atoms. The van der Waals surface area contributed by atoms with E-state index in [0.29, 0.717) is 19.3 Å². The largest absolute Gasteiger partial charge is 0.462 e. The number of carbonyl (C=O) groups excluding carboxylic acids is 2. The molecule has 0 rings (SSSR count). The normalized spacial score (nSPS) is 14.0. The summed E-state index contributed by atoms with van der Waals surface area (Å²) >= 11 is 0. The molecule has 0 saturated heterocycles. The average Bonchev–Trinajstić information content (AvgIpc) is 3.26. The van der Waals surface area contributed by atoms with Crippen molar-refractivity contribution in [2.75, 3.05) is 6.61 Å². The van der Waals surface area contributed by atoms with Crippen molar-refractivity contribution in [2.45, 2.75) is 251 Å². The number of nitrogens with one attached hydrogen (secondary N) is 1. The summed E-state index contributed by atoms with van der Waals surface area (Å²) in [6, 6.07) is -0.728. The van der Waals surface area contributed by atoms with Crippen molar-refractivity contribution in [1.82, 2.24) is 5.32 Å². The number of carbonyl (C=O) groups is 2. The zero-order valence-corrected chi connectivity index (χ0v) is 40.5. The number of aliphatic hydroxyl groups excluding tert-OH is 2. The van der Waals surface area contributed by atoms with Crippen LogP contribution in [0.5, 0.6) is 0 Å². The maximum atomic E-state index is 13.2. The Balaban J connectivity index is 4.68. The van der Waals surface area contributed by atoms with Gasteiger partial charge >= 0.3 is 5.97 Å². The minimum absolute atomic E-state index is 0.0229. The fourth-order valence-corrected chi connectivity index (χ4v) is 7.34. The summed E-state index contributed by atoms with van der Waals surface area (Å²) in [7, 11) is 0. The first-order valence-corrected chi connectivity index (χ1v) is 25.8. The first-order chi connectivity index (χ1) is 30.5. The predicted molar refractivity (Wildman–Crippen MR) is 268 cm³/mol. The fraction of sp³-hybridized carbons (Fsp3) is 0.714. The highest BCUT2D eigenvalue weighted by atomic mass is 16.5. The van der Waals surface area contributed by atoms with Gasteiger partial charge in [0.15, 0.2) is 0 Å². The monoisotopic (exact) mass is 864 g/mol. The van der Waals surface area contributed by atoms with Crippen LogP contribution in [0.25, 0.3) is 0 Å². The van der Waals surface area contributed by atoms with Gasteiger partial charge in [-0.25, -0.2) is 0 Å². The molecule has 0 bridgehead atoms. The molecule has 0 aromatic carbocycles. The molecule has 6 heteroatoms. The van der Waals surface area contributed by atoms with E-state index in [4.69, 9.17) is 4.74 Å². The molecule has 0 saturated carbocycles. The minimum Gasteiger partial charge on any atom is -0.462 e. The van der Waals surface area contributed by atoms with Gasteiger partial charge in [-0.1, -0.05) is 221 Å². The molecule has 3 atom stereocenters. The molecule has 0 aliphatic carbocycles. The molecule has 0 spiro atoms. The molecule has 356 valence electrons. The van der Waals surface area contributed by atoms with E-state index >= 15 is 0 Å². The number of aliphatic hydroxyl groups is 2. The number of esters is 1. The van der Waals surface area contributed by atoms with Crippen molar-refractivity contribution in [3.63, 3.8) is 0 Å².